The van der Waals surface area contributed by atoms with Crippen molar-refractivity contribution in [1.82, 2.24) is 4.90 Å². The van der Waals surface area contributed by atoms with E-state index < -0.39 is 0 Å². The SMILES string of the molecule is C#CCN(C)CC(CN)CC(C)C. The second kappa shape index (κ2) is 6.94. The molecule has 13 heavy (non-hydrogen) atoms. The van der Waals surface area contributed by atoms with Gasteiger partial charge in [0.1, 0.15) is 0 Å². The lowest BCUT2D eigenvalue weighted by Crippen LogP contribution is -2.31. The van der Waals surface area contributed by atoms with Crippen LogP contribution in [0.2, 0.25) is 0 Å². The normalized spacial score (nSPS) is 13.3. The zero-order valence-corrected chi connectivity index (χ0v) is 9.09. The van der Waals surface area contributed by atoms with Crippen LogP contribution in [0.3, 0.4) is 0 Å². The molecule has 0 aromatic carbocycles. The Labute approximate surface area is 82.5 Å². The van der Waals surface area contributed by atoms with E-state index in [0.29, 0.717) is 18.4 Å². The monoisotopic (exact) mass is 182 g/mol. The minimum absolute atomic E-state index is 0.582. The maximum atomic E-state index is 5.69. The molecule has 0 fully saturated rings. The van der Waals surface area contributed by atoms with Gasteiger partial charge in [-0.25, -0.2) is 0 Å². The average Bonchev–Trinajstić information content (AvgIpc) is 2.02. The predicted octanol–water partition coefficient (Wildman–Crippen LogP) is 1.17. The fourth-order valence-electron chi connectivity index (χ4n) is 1.57. The summed E-state index contributed by atoms with van der Waals surface area (Å²) in [7, 11) is 2.04. The average molecular weight is 182 g/mol. The van der Waals surface area contributed by atoms with Gasteiger partial charge in [-0.2, -0.15) is 0 Å². The molecule has 0 radical (unpaired) electrons. The summed E-state index contributed by atoms with van der Waals surface area (Å²) in [6.07, 6.45) is 6.41. The number of terminal acetylenes is 1. The van der Waals surface area contributed by atoms with Gasteiger partial charge in [-0.3, -0.25) is 4.90 Å². The van der Waals surface area contributed by atoms with Crippen LogP contribution < -0.4 is 5.73 Å². The number of nitrogens with zero attached hydrogens (tertiary/aromatic N) is 1. The second-order valence-electron chi connectivity index (χ2n) is 4.13. The molecule has 76 valence electrons. The zero-order chi connectivity index (χ0) is 10.3. The summed E-state index contributed by atoms with van der Waals surface area (Å²) in [6.45, 7) is 6.94. The highest BCUT2D eigenvalue weighted by Gasteiger charge is 2.10. The number of hydrogen-bond donors (Lipinski definition) is 1. The summed E-state index contributed by atoms with van der Waals surface area (Å²) in [5.74, 6) is 3.93. The van der Waals surface area contributed by atoms with Crippen molar-refractivity contribution in [2.45, 2.75) is 20.3 Å². The molecule has 0 saturated heterocycles. The smallest absolute Gasteiger partial charge is 0.0596 e. The van der Waals surface area contributed by atoms with Crippen molar-refractivity contribution < 1.29 is 0 Å². The van der Waals surface area contributed by atoms with Crippen molar-refractivity contribution in [3.05, 3.63) is 0 Å². The Morgan fingerprint density at radius 2 is 2.08 bits per heavy atom. The Morgan fingerprint density at radius 1 is 1.46 bits per heavy atom. The van der Waals surface area contributed by atoms with Crippen LogP contribution in [0, 0.1) is 24.2 Å². The maximum absolute atomic E-state index is 5.69. The van der Waals surface area contributed by atoms with Crippen LogP contribution in [0.5, 0.6) is 0 Å². The van der Waals surface area contributed by atoms with E-state index in [4.69, 9.17) is 12.2 Å². The highest BCUT2D eigenvalue weighted by Crippen LogP contribution is 2.11. The Bertz CT molecular complexity index is 158. The third kappa shape index (κ3) is 6.62. The van der Waals surface area contributed by atoms with Crippen molar-refractivity contribution in [2.24, 2.45) is 17.6 Å². The van der Waals surface area contributed by atoms with E-state index in [1.54, 1.807) is 0 Å². The van der Waals surface area contributed by atoms with Gasteiger partial charge < -0.3 is 5.73 Å². The Morgan fingerprint density at radius 3 is 2.46 bits per heavy atom. The predicted molar refractivity (Wildman–Crippen MR) is 58.3 cm³/mol. The van der Waals surface area contributed by atoms with E-state index in [1.807, 2.05) is 7.05 Å². The summed E-state index contributed by atoms with van der Waals surface area (Å²) >= 11 is 0. The summed E-state index contributed by atoms with van der Waals surface area (Å²) in [5.41, 5.74) is 5.69. The molecule has 0 aliphatic rings. The van der Waals surface area contributed by atoms with Crippen LogP contribution in [0.15, 0.2) is 0 Å². The molecule has 0 amide bonds. The van der Waals surface area contributed by atoms with Crippen molar-refractivity contribution in [3.8, 4) is 12.3 Å². The summed E-state index contributed by atoms with van der Waals surface area (Å²) < 4.78 is 0. The Kier molecular flexibility index (Phi) is 6.66. The van der Waals surface area contributed by atoms with Gasteiger partial charge in [-0.15, -0.1) is 6.42 Å². The molecular weight excluding hydrogens is 160 g/mol. The lowest BCUT2D eigenvalue weighted by molar-refractivity contribution is 0.278. The maximum Gasteiger partial charge on any atom is 0.0596 e. The van der Waals surface area contributed by atoms with E-state index in [1.165, 1.54) is 6.42 Å². The molecule has 0 aromatic rings. The molecule has 0 aliphatic heterocycles. The largest absolute Gasteiger partial charge is 0.330 e. The van der Waals surface area contributed by atoms with E-state index >= 15 is 0 Å². The van der Waals surface area contributed by atoms with Crippen LogP contribution in [-0.4, -0.2) is 31.6 Å². The van der Waals surface area contributed by atoms with Crippen molar-refractivity contribution in [1.29, 1.82) is 0 Å². The van der Waals surface area contributed by atoms with Gasteiger partial charge in [0.05, 0.1) is 6.54 Å². The molecule has 1 atom stereocenters. The quantitative estimate of drug-likeness (QED) is 0.625. The standard InChI is InChI=1S/C11H22N2/c1-5-6-13(4)9-11(8-12)7-10(2)3/h1,10-11H,6-9,12H2,2-4H3. The number of nitrogens with two attached hydrogens (primary N) is 1. The minimum Gasteiger partial charge on any atom is -0.330 e. The first-order valence-electron chi connectivity index (χ1n) is 4.92. The molecular formula is C11H22N2. The molecule has 2 nitrogen and oxygen atoms in total. The van der Waals surface area contributed by atoms with Crippen LogP contribution >= 0.6 is 0 Å². The Hall–Kier alpha value is -0.520. The number of hydrogen-bond acceptors (Lipinski definition) is 2. The number of rotatable bonds is 6. The van der Waals surface area contributed by atoms with Gasteiger partial charge in [-0.05, 0) is 31.8 Å². The second-order valence-corrected chi connectivity index (χ2v) is 4.13. The lowest BCUT2D eigenvalue weighted by atomic mass is 9.97. The molecule has 2 N–H and O–H groups in total. The first kappa shape index (κ1) is 12.5. The molecule has 1 unspecified atom stereocenters. The summed E-state index contributed by atoms with van der Waals surface area (Å²) in [5, 5.41) is 0. The van der Waals surface area contributed by atoms with Gasteiger partial charge >= 0.3 is 0 Å². The van der Waals surface area contributed by atoms with Gasteiger partial charge in [0.2, 0.25) is 0 Å². The fourth-order valence-corrected chi connectivity index (χ4v) is 1.57. The van der Waals surface area contributed by atoms with E-state index in [-0.39, 0.29) is 0 Å². The topological polar surface area (TPSA) is 29.3 Å². The zero-order valence-electron chi connectivity index (χ0n) is 9.09. The van der Waals surface area contributed by atoms with Gasteiger partial charge in [0.25, 0.3) is 0 Å². The molecule has 0 bridgehead atoms. The van der Waals surface area contributed by atoms with E-state index in [0.717, 1.165) is 13.1 Å². The van der Waals surface area contributed by atoms with Crippen molar-refractivity contribution in [2.75, 3.05) is 26.7 Å². The molecule has 0 aromatic heterocycles. The fraction of sp³-hybridized carbons (Fsp3) is 0.818. The minimum atomic E-state index is 0.582. The highest BCUT2D eigenvalue weighted by atomic mass is 15.1. The van der Waals surface area contributed by atoms with Crippen molar-refractivity contribution in [3.63, 3.8) is 0 Å². The van der Waals surface area contributed by atoms with Crippen LogP contribution in [-0.2, 0) is 0 Å². The molecule has 0 spiro atoms. The molecule has 2 heteroatoms. The van der Waals surface area contributed by atoms with Crippen LogP contribution in [0.4, 0.5) is 0 Å². The van der Waals surface area contributed by atoms with Crippen LogP contribution in [0.25, 0.3) is 0 Å². The molecule has 0 heterocycles. The molecule has 0 rings (SSSR count). The molecule has 0 aliphatic carbocycles. The van der Waals surface area contributed by atoms with Gasteiger partial charge in [-0.1, -0.05) is 19.8 Å². The van der Waals surface area contributed by atoms with E-state index in [2.05, 4.69) is 24.7 Å². The summed E-state index contributed by atoms with van der Waals surface area (Å²) in [6, 6.07) is 0. The highest BCUT2D eigenvalue weighted by molar-refractivity contribution is 4.87. The summed E-state index contributed by atoms with van der Waals surface area (Å²) in [4.78, 5) is 2.15. The van der Waals surface area contributed by atoms with Gasteiger partial charge in [0.15, 0.2) is 0 Å². The third-order valence-corrected chi connectivity index (χ3v) is 2.07. The van der Waals surface area contributed by atoms with Gasteiger partial charge in [0, 0.05) is 6.54 Å². The van der Waals surface area contributed by atoms with Crippen molar-refractivity contribution >= 4 is 0 Å². The molecule has 0 saturated carbocycles. The van der Waals surface area contributed by atoms with Crippen LogP contribution in [0.1, 0.15) is 20.3 Å². The first-order valence-corrected chi connectivity index (χ1v) is 4.92. The Balaban J connectivity index is 3.77. The lowest BCUT2D eigenvalue weighted by Gasteiger charge is -2.22. The first-order chi connectivity index (χ1) is 6.10. The third-order valence-electron chi connectivity index (χ3n) is 2.07. The van der Waals surface area contributed by atoms with E-state index in [9.17, 15) is 0 Å².